The molecule has 1 heterocycles. The Labute approximate surface area is 144 Å². The van der Waals surface area contributed by atoms with Crippen LogP contribution in [-0.2, 0) is 13.1 Å². The third kappa shape index (κ3) is 3.35. The summed E-state index contributed by atoms with van der Waals surface area (Å²) < 4.78 is 3.18. The molecule has 2 rings (SSSR count). The SMILES string of the molecule is CCn1c(O)c(C=Nc2ccc(C(C)=O)cc2)c(=O)n(CC)c1=S. The first-order chi connectivity index (χ1) is 11.4. The number of ketones is 1. The Hall–Kier alpha value is -2.54. The number of aromatic nitrogens is 2. The summed E-state index contributed by atoms with van der Waals surface area (Å²) in [5.41, 5.74) is 0.869. The maximum Gasteiger partial charge on any atom is 0.267 e. The van der Waals surface area contributed by atoms with Gasteiger partial charge in [-0.1, -0.05) is 0 Å². The van der Waals surface area contributed by atoms with Crippen molar-refractivity contribution >= 4 is 29.9 Å². The first kappa shape index (κ1) is 17.8. The van der Waals surface area contributed by atoms with Gasteiger partial charge in [0.25, 0.3) is 5.56 Å². The molecular formula is C17H19N3O3S. The first-order valence-electron chi connectivity index (χ1n) is 7.62. The van der Waals surface area contributed by atoms with Crippen LogP contribution in [-0.4, -0.2) is 26.2 Å². The van der Waals surface area contributed by atoms with E-state index in [2.05, 4.69) is 4.99 Å². The highest BCUT2D eigenvalue weighted by Crippen LogP contribution is 2.16. The van der Waals surface area contributed by atoms with Crippen molar-refractivity contribution < 1.29 is 9.90 Å². The second kappa shape index (κ2) is 7.35. The number of carbonyl (C=O) groups excluding carboxylic acids is 1. The predicted molar refractivity (Wildman–Crippen MR) is 96.2 cm³/mol. The normalized spacial score (nSPS) is 11.1. The minimum atomic E-state index is -0.381. The van der Waals surface area contributed by atoms with Crippen LogP contribution in [0.15, 0.2) is 34.1 Å². The zero-order valence-corrected chi connectivity index (χ0v) is 14.6. The van der Waals surface area contributed by atoms with Crippen LogP contribution in [0.5, 0.6) is 5.88 Å². The summed E-state index contributed by atoms with van der Waals surface area (Å²) in [7, 11) is 0. The maximum atomic E-state index is 12.5. The fourth-order valence-electron chi connectivity index (χ4n) is 2.31. The minimum Gasteiger partial charge on any atom is -0.494 e. The van der Waals surface area contributed by atoms with E-state index in [1.807, 2.05) is 13.8 Å². The summed E-state index contributed by atoms with van der Waals surface area (Å²) in [5.74, 6) is -0.222. The van der Waals surface area contributed by atoms with E-state index in [9.17, 15) is 14.7 Å². The largest absolute Gasteiger partial charge is 0.494 e. The van der Waals surface area contributed by atoms with Crippen LogP contribution in [0.25, 0.3) is 0 Å². The van der Waals surface area contributed by atoms with Gasteiger partial charge in [0.15, 0.2) is 10.6 Å². The lowest BCUT2D eigenvalue weighted by Crippen LogP contribution is -2.27. The Balaban J connectivity index is 2.51. The predicted octanol–water partition coefficient (Wildman–Crippen LogP) is 3.08. The number of carbonyl (C=O) groups is 1. The molecule has 2 aromatic rings. The van der Waals surface area contributed by atoms with Gasteiger partial charge in [-0.05, 0) is 57.3 Å². The minimum absolute atomic E-state index is 0.0287. The number of hydrogen-bond donors (Lipinski definition) is 1. The molecule has 0 fully saturated rings. The Morgan fingerprint density at radius 3 is 2.29 bits per heavy atom. The maximum absolute atomic E-state index is 12.5. The summed E-state index contributed by atoms with van der Waals surface area (Å²) in [6.07, 6.45) is 1.33. The Morgan fingerprint density at radius 1 is 1.21 bits per heavy atom. The van der Waals surface area contributed by atoms with Crippen molar-refractivity contribution in [2.24, 2.45) is 4.99 Å². The van der Waals surface area contributed by atoms with Gasteiger partial charge in [0.05, 0.1) is 5.69 Å². The molecule has 0 bridgehead atoms. The van der Waals surface area contributed by atoms with Crippen LogP contribution in [0.1, 0.15) is 36.7 Å². The van der Waals surface area contributed by atoms with Crippen molar-refractivity contribution in [1.82, 2.24) is 9.13 Å². The average Bonchev–Trinajstić information content (AvgIpc) is 2.56. The van der Waals surface area contributed by atoms with Gasteiger partial charge in [-0.2, -0.15) is 0 Å². The fourth-order valence-corrected chi connectivity index (χ4v) is 2.74. The molecule has 1 aromatic heterocycles. The van der Waals surface area contributed by atoms with E-state index in [1.54, 1.807) is 24.3 Å². The van der Waals surface area contributed by atoms with Gasteiger partial charge in [0, 0.05) is 24.9 Å². The molecule has 0 atom stereocenters. The molecule has 0 spiro atoms. The molecule has 0 radical (unpaired) electrons. The van der Waals surface area contributed by atoms with E-state index in [1.165, 1.54) is 22.3 Å². The number of aliphatic imine (C=N–C) groups is 1. The van der Waals surface area contributed by atoms with Crippen LogP contribution < -0.4 is 5.56 Å². The second-order valence-electron chi connectivity index (χ2n) is 5.17. The third-order valence-electron chi connectivity index (χ3n) is 3.68. The lowest BCUT2D eigenvalue weighted by Gasteiger charge is -2.13. The Bertz CT molecular complexity index is 908. The van der Waals surface area contributed by atoms with Crippen LogP contribution in [0.2, 0.25) is 0 Å². The second-order valence-corrected chi connectivity index (χ2v) is 5.54. The Morgan fingerprint density at radius 2 is 1.79 bits per heavy atom. The molecule has 0 aliphatic carbocycles. The van der Waals surface area contributed by atoms with Crippen molar-refractivity contribution in [2.75, 3.05) is 0 Å². The summed E-state index contributed by atoms with van der Waals surface area (Å²) >= 11 is 5.23. The smallest absolute Gasteiger partial charge is 0.267 e. The molecule has 126 valence electrons. The van der Waals surface area contributed by atoms with Gasteiger partial charge in [-0.25, -0.2) is 0 Å². The molecule has 0 unspecified atom stereocenters. The van der Waals surface area contributed by atoms with Crippen molar-refractivity contribution in [2.45, 2.75) is 33.9 Å². The molecule has 0 saturated carbocycles. The highest BCUT2D eigenvalue weighted by molar-refractivity contribution is 7.71. The Kier molecular flexibility index (Phi) is 5.46. The zero-order chi connectivity index (χ0) is 17.9. The van der Waals surface area contributed by atoms with Gasteiger partial charge in [0.2, 0.25) is 5.88 Å². The summed E-state index contributed by atoms with van der Waals surface area (Å²) in [6, 6.07) is 6.69. The van der Waals surface area contributed by atoms with Gasteiger partial charge in [-0.3, -0.25) is 23.7 Å². The fraction of sp³-hybridized carbons (Fsp3) is 0.294. The molecule has 0 aliphatic heterocycles. The van der Waals surface area contributed by atoms with Crippen LogP contribution >= 0.6 is 12.2 Å². The van der Waals surface area contributed by atoms with Crippen molar-refractivity contribution in [3.05, 3.63) is 50.5 Å². The monoisotopic (exact) mass is 345 g/mol. The van der Waals surface area contributed by atoms with E-state index in [4.69, 9.17) is 12.2 Å². The van der Waals surface area contributed by atoms with E-state index in [0.717, 1.165) is 0 Å². The number of rotatable bonds is 5. The standard InChI is InChI=1S/C17H19N3O3S/c1-4-19-15(22)14(16(23)20(5-2)17(19)24)10-18-13-8-6-12(7-9-13)11(3)21/h6-10,22H,4-5H2,1-3H3. The van der Waals surface area contributed by atoms with Crippen molar-refractivity contribution in [1.29, 1.82) is 0 Å². The highest BCUT2D eigenvalue weighted by atomic mass is 32.1. The van der Waals surface area contributed by atoms with E-state index in [0.29, 0.717) is 24.3 Å². The molecule has 7 heteroatoms. The number of hydrogen-bond acceptors (Lipinski definition) is 5. The van der Waals surface area contributed by atoms with Gasteiger partial charge in [-0.15, -0.1) is 0 Å². The number of benzene rings is 1. The molecule has 0 aliphatic rings. The zero-order valence-electron chi connectivity index (χ0n) is 13.8. The third-order valence-corrected chi connectivity index (χ3v) is 4.12. The molecule has 6 nitrogen and oxygen atoms in total. The van der Waals surface area contributed by atoms with E-state index in [-0.39, 0.29) is 27.6 Å². The van der Waals surface area contributed by atoms with Gasteiger partial charge >= 0.3 is 0 Å². The number of Topliss-reactive ketones (excluding diaryl/α,β-unsaturated/α-hetero) is 1. The van der Waals surface area contributed by atoms with Crippen LogP contribution in [0.4, 0.5) is 5.69 Å². The van der Waals surface area contributed by atoms with Gasteiger partial charge < -0.3 is 5.11 Å². The van der Waals surface area contributed by atoms with E-state index < -0.39 is 0 Å². The topological polar surface area (TPSA) is 76.6 Å². The molecule has 1 N–H and O–H groups in total. The lowest BCUT2D eigenvalue weighted by molar-refractivity contribution is 0.101. The summed E-state index contributed by atoms with van der Waals surface area (Å²) in [6.45, 7) is 5.99. The number of aromatic hydroxyl groups is 1. The van der Waals surface area contributed by atoms with E-state index >= 15 is 0 Å². The molecule has 1 aromatic carbocycles. The summed E-state index contributed by atoms with van der Waals surface area (Å²) in [5, 5.41) is 10.3. The highest BCUT2D eigenvalue weighted by Gasteiger charge is 2.13. The van der Waals surface area contributed by atoms with Crippen LogP contribution in [0, 0.1) is 4.77 Å². The first-order valence-corrected chi connectivity index (χ1v) is 8.03. The molecule has 24 heavy (non-hydrogen) atoms. The average molecular weight is 345 g/mol. The molecule has 0 saturated heterocycles. The van der Waals surface area contributed by atoms with Gasteiger partial charge in [0.1, 0.15) is 5.56 Å². The lowest BCUT2D eigenvalue weighted by atomic mass is 10.1. The van der Waals surface area contributed by atoms with Crippen molar-refractivity contribution in [3.8, 4) is 5.88 Å². The quantitative estimate of drug-likeness (QED) is 0.513. The number of nitrogens with zero attached hydrogens (tertiary/aromatic N) is 3. The molecular weight excluding hydrogens is 326 g/mol. The summed E-state index contributed by atoms with van der Waals surface area (Å²) in [4.78, 5) is 28.0. The molecule has 0 amide bonds. The van der Waals surface area contributed by atoms with Crippen LogP contribution in [0.3, 0.4) is 0 Å². The van der Waals surface area contributed by atoms with Crippen molar-refractivity contribution in [3.63, 3.8) is 0 Å².